The molecule has 1 amide bonds. The number of halogens is 2. The highest BCUT2D eigenvalue weighted by Crippen LogP contribution is 2.17. The number of rotatable bonds is 4. The summed E-state index contributed by atoms with van der Waals surface area (Å²) in [5.41, 5.74) is 0.459. The van der Waals surface area contributed by atoms with Crippen molar-refractivity contribution in [1.29, 1.82) is 0 Å². The third kappa shape index (κ3) is 3.51. The maximum Gasteiger partial charge on any atom is 0.307 e. The number of carboxylic acids is 1. The Morgan fingerprint density at radius 2 is 2.12 bits per heavy atom. The zero-order valence-corrected chi connectivity index (χ0v) is 8.92. The molecule has 0 aromatic heterocycles. The topological polar surface area (TPSA) is 66.4 Å². The van der Waals surface area contributed by atoms with Crippen LogP contribution in [0.3, 0.4) is 0 Å². The molecule has 0 saturated carbocycles. The minimum atomic E-state index is -1.10. The third-order valence-electron chi connectivity index (χ3n) is 1.80. The molecule has 0 aliphatic heterocycles. The van der Waals surface area contributed by atoms with Crippen LogP contribution in [0.5, 0.6) is 0 Å². The van der Waals surface area contributed by atoms with Crippen LogP contribution in [0.25, 0.3) is 0 Å². The van der Waals surface area contributed by atoms with Gasteiger partial charge in [0.05, 0.1) is 6.42 Å². The van der Waals surface area contributed by atoms with Crippen molar-refractivity contribution in [3.8, 4) is 0 Å². The smallest absolute Gasteiger partial charge is 0.307 e. The lowest BCUT2D eigenvalue weighted by atomic mass is 10.1. The van der Waals surface area contributed by atoms with E-state index in [2.05, 4.69) is 5.32 Å². The standard InChI is InChI=1S/C10H9ClFNO3/c11-5-9(14)13-8-2-1-7(12)3-6(8)4-10(15)16/h1-3H,4-5H2,(H,13,14)(H,15,16). The Balaban J connectivity index is 2.97. The lowest BCUT2D eigenvalue weighted by molar-refractivity contribution is -0.136. The molecule has 2 N–H and O–H groups in total. The Kier molecular flexibility index (Phi) is 4.25. The molecule has 0 aliphatic rings. The first kappa shape index (κ1) is 12.4. The first-order valence-electron chi connectivity index (χ1n) is 4.39. The van der Waals surface area contributed by atoms with Crippen molar-refractivity contribution in [2.24, 2.45) is 0 Å². The molecule has 0 aliphatic carbocycles. The average molecular weight is 246 g/mol. The van der Waals surface area contributed by atoms with E-state index in [0.29, 0.717) is 0 Å². The molecular weight excluding hydrogens is 237 g/mol. The highest BCUT2D eigenvalue weighted by Gasteiger charge is 2.10. The highest BCUT2D eigenvalue weighted by atomic mass is 35.5. The van der Waals surface area contributed by atoms with Crippen LogP contribution in [0.2, 0.25) is 0 Å². The molecule has 0 heterocycles. The summed E-state index contributed by atoms with van der Waals surface area (Å²) < 4.78 is 12.9. The van der Waals surface area contributed by atoms with E-state index in [4.69, 9.17) is 16.7 Å². The Hall–Kier alpha value is -1.62. The van der Waals surface area contributed by atoms with E-state index in [-0.39, 0.29) is 23.6 Å². The molecule has 16 heavy (non-hydrogen) atoms. The van der Waals surface area contributed by atoms with Gasteiger partial charge in [-0.3, -0.25) is 9.59 Å². The van der Waals surface area contributed by atoms with Gasteiger partial charge in [-0.15, -0.1) is 11.6 Å². The Labute approximate surface area is 96.0 Å². The lowest BCUT2D eigenvalue weighted by Gasteiger charge is -2.08. The van der Waals surface area contributed by atoms with Gasteiger partial charge in [0, 0.05) is 5.69 Å². The Morgan fingerprint density at radius 3 is 2.69 bits per heavy atom. The minimum absolute atomic E-state index is 0.200. The molecule has 0 radical (unpaired) electrons. The molecule has 4 nitrogen and oxygen atoms in total. The summed E-state index contributed by atoms with van der Waals surface area (Å²) in [4.78, 5) is 21.5. The van der Waals surface area contributed by atoms with Gasteiger partial charge < -0.3 is 10.4 Å². The van der Waals surface area contributed by atoms with E-state index in [0.717, 1.165) is 12.1 Å². The van der Waals surface area contributed by atoms with Crippen LogP contribution >= 0.6 is 11.6 Å². The number of anilines is 1. The van der Waals surface area contributed by atoms with Crippen LogP contribution in [0.4, 0.5) is 10.1 Å². The molecule has 1 rings (SSSR count). The Morgan fingerprint density at radius 1 is 1.44 bits per heavy atom. The van der Waals surface area contributed by atoms with Crippen LogP contribution in [-0.2, 0) is 16.0 Å². The van der Waals surface area contributed by atoms with Crippen LogP contribution in [0.1, 0.15) is 5.56 Å². The third-order valence-corrected chi connectivity index (χ3v) is 2.05. The van der Waals surface area contributed by atoms with Crippen molar-refractivity contribution in [1.82, 2.24) is 0 Å². The van der Waals surface area contributed by atoms with E-state index < -0.39 is 17.7 Å². The number of nitrogens with one attached hydrogen (secondary N) is 1. The lowest BCUT2D eigenvalue weighted by Crippen LogP contribution is -2.15. The number of hydrogen-bond donors (Lipinski definition) is 2. The number of alkyl halides is 1. The van der Waals surface area contributed by atoms with Crippen molar-refractivity contribution in [3.63, 3.8) is 0 Å². The maximum atomic E-state index is 12.9. The van der Waals surface area contributed by atoms with Crippen LogP contribution < -0.4 is 5.32 Å². The van der Waals surface area contributed by atoms with Crippen LogP contribution in [0, 0.1) is 5.82 Å². The molecule has 0 fully saturated rings. The first-order valence-corrected chi connectivity index (χ1v) is 4.92. The summed E-state index contributed by atoms with van der Waals surface area (Å²) in [5, 5.41) is 11.0. The highest BCUT2D eigenvalue weighted by molar-refractivity contribution is 6.29. The predicted octanol–water partition coefficient (Wildman–Crippen LogP) is 1.63. The average Bonchev–Trinajstić information content (AvgIpc) is 2.21. The van der Waals surface area contributed by atoms with Gasteiger partial charge in [-0.1, -0.05) is 0 Å². The van der Waals surface area contributed by atoms with Gasteiger partial charge in [0.1, 0.15) is 11.7 Å². The summed E-state index contributed by atoms with van der Waals surface area (Å²) in [6.45, 7) is 0. The number of aliphatic carboxylic acids is 1. The van der Waals surface area contributed by atoms with Crippen molar-refractivity contribution >= 4 is 29.2 Å². The molecule has 0 saturated heterocycles. The van der Waals surface area contributed by atoms with Gasteiger partial charge in [-0.2, -0.15) is 0 Å². The number of carbonyl (C=O) groups excluding carboxylic acids is 1. The first-order chi connectivity index (χ1) is 7.52. The maximum absolute atomic E-state index is 12.9. The van der Waals surface area contributed by atoms with Crippen LogP contribution in [0.15, 0.2) is 18.2 Å². The minimum Gasteiger partial charge on any atom is -0.481 e. The quantitative estimate of drug-likeness (QED) is 0.793. The van der Waals surface area contributed by atoms with Gasteiger partial charge in [-0.05, 0) is 23.8 Å². The van der Waals surface area contributed by atoms with Gasteiger partial charge in [-0.25, -0.2) is 4.39 Å². The molecule has 1 aromatic rings. The number of carbonyl (C=O) groups is 2. The normalized spacial score (nSPS) is 9.88. The summed E-state index contributed by atoms with van der Waals surface area (Å²) in [5.74, 6) is -2.38. The number of benzene rings is 1. The fourth-order valence-electron chi connectivity index (χ4n) is 1.18. The van der Waals surface area contributed by atoms with Crippen LogP contribution in [-0.4, -0.2) is 22.9 Å². The molecular formula is C10H9ClFNO3. The molecule has 6 heteroatoms. The number of carboxylic acid groups (broad SMARTS) is 1. The SMILES string of the molecule is O=C(O)Cc1cc(F)ccc1NC(=O)CCl. The largest absolute Gasteiger partial charge is 0.481 e. The molecule has 0 unspecified atom stereocenters. The van der Waals surface area contributed by atoms with Gasteiger partial charge in [0.15, 0.2) is 0 Å². The number of hydrogen-bond acceptors (Lipinski definition) is 2. The van der Waals surface area contributed by atoms with Crippen molar-refractivity contribution in [2.75, 3.05) is 11.2 Å². The molecule has 0 atom stereocenters. The molecule has 0 spiro atoms. The second-order valence-electron chi connectivity index (χ2n) is 3.05. The monoisotopic (exact) mass is 245 g/mol. The zero-order chi connectivity index (χ0) is 12.1. The van der Waals surface area contributed by atoms with E-state index in [9.17, 15) is 14.0 Å². The predicted molar refractivity (Wildman–Crippen MR) is 57.1 cm³/mol. The summed E-state index contributed by atoms with van der Waals surface area (Å²) in [6, 6.07) is 3.51. The summed E-state index contributed by atoms with van der Waals surface area (Å²) >= 11 is 5.29. The second kappa shape index (κ2) is 5.46. The molecule has 86 valence electrons. The van der Waals surface area contributed by atoms with Gasteiger partial charge >= 0.3 is 5.97 Å². The van der Waals surface area contributed by atoms with Gasteiger partial charge in [0.25, 0.3) is 0 Å². The fourth-order valence-corrected chi connectivity index (χ4v) is 1.24. The zero-order valence-electron chi connectivity index (χ0n) is 8.17. The van der Waals surface area contributed by atoms with E-state index in [1.807, 2.05) is 0 Å². The van der Waals surface area contributed by atoms with E-state index in [1.54, 1.807) is 0 Å². The molecule has 1 aromatic carbocycles. The van der Waals surface area contributed by atoms with Crippen molar-refractivity contribution in [3.05, 3.63) is 29.6 Å². The Bertz CT molecular complexity index is 423. The fraction of sp³-hybridized carbons (Fsp3) is 0.200. The summed E-state index contributed by atoms with van der Waals surface area (Å²) in [6.07, 6.45) is -0.365. The van der Waals surface area contributed by atoms with Gasteiger partial charge in [0.2, 0.25) is 5.91 Å². The van der Waals surface area contributed by atoms with Crippen molar-refractivity contribution in [2.45, 2.75) is 6.42 Å². The molecule has 0 bridgehead atoms. The van der Waals surface area contributed by atoms with E-state index in [1.165, 1.54) is 6.07 Å². The second-order valence-corrected chi connectivity index (χ2v) is 3.32. The summed E-state index contributed by atoms with van der Waals surface area (Å²) in [7, 11) is 0. The van der Waals surface area contributed by atoms with E-state index >= 15 is 0 Å². The van der Waals surface area contributed by atoms with Crippen molar-refractivity contribution < 1.29 is 19.1 Å². The number of amides is 1.